The Morgan fingerprint density at radius 1 is 1.06 bits per heavy atom. The van der Waals surface area contributed by atoms with Crippen LogP contribution < -0.4 is 14.8 Å². The number of ether oxygens (including phenoxy) is 2. The molecule has 8 heteroatoms. The molecular formula is C28H29N5O3. The van der Waals surface area contributed by atoms with Crippen molar-refractivity contribution in [1.29, 1.82) is 0 Å². The van der Waals surface area contributed by atoms with Crippen LogP contribution in [0.5, 0.6) is 17.2 Å². The Morgan fingerprint density at radius 3 is 2.56 bits per heavy atom. The Morgan fingerprint density at radius 2 is 1.81 bits per heavy atom. The van der Waals surface area contributed by atoms with Crippen LogP contribution in [0.4, 0.5) is 0 Å². The van der Waals surface area contributed by atoms with Crippen LogP contribution in [0.25, 0.3) is 28.1 Å². The second-order valence-corrected chi connectivity index (χ2v) is 9.42. The summed E-state index contributed by atoms with van der Waals surface area (Å²) in [5.41, 5.74) is 7.82. The van der Waals surface area contributed by atoms with E-state index in [4.69, 9.17) is 14.5 Å². The van der Waals surface area contributed by atoms with Crippen LogP contribution in [0.15, 0.2) is 48.6 Å². The minimum Gasteiger partial charge on any atom is -0.504 e. The summed E-state index contributed by atoms with van der Waals surface area (Å²) in [6.07, 6.45) is 8.02. The molecular weight excluding hydrogens is 454 g/mol. The van der Waals surface area contributed by atoms with E-state index in [1.807, 2.05) is 25.2 Å². The molecule has 0 radical (unpaired) electrons. The maximum atomic E-state index is 11.2. The monoisotopic (exact) mass is 483 g/mol. The van der Waals surface area contributed by atoms with Crippen molar-refractivity contribution in [1.82, 2.24) is 25.1 Å². The van der Waals surface area contributed by atoms with Crippen molar-refractivity contribution in [3.63, 3.8) is 0 Å². The van der Waals surface area contributed by atoms with Crippen molar-refractivity contribution in [3.05, 3.63) is 70.9 Å². The fraction of sp³-hybridized carbons (Fsp3) is 0.286. The molecule has 0 fully saturated rings. The van der Waals surface area contributed by atoms with E-state index in [1.54, 1.807) is 18.9 Å². The zero-order chi connectivity index (χ0) is 24.8. The lowest BCUT2D eigenvalue weighted by Gasteiger charge is -2.17. The zero-order valence-electron chi connectivity index (χ0n) is 20.6. The minimum atomic E-state index is 0.179. The molecule has 2 aliphatic rings. The quantitative estimate of drug-likeness (QED) is 0.374. The lowest BCUT2D eigenvalue weighted by atomic mass is 9.89. The predicted molar refractivity (Wildman–Crippen MR) is 139 cm³/mol. The van der Waals surface area contributed by atoms with Gasteiger partial charge in [0.25, 0.3) is 0 Å². The molecule has 3 heterocycles. The molecule has 3 N–H and O–H groups in total. The molecule has 1 unspecified atom stereocenters. The van der Waals surface area contributed by atoms with Gasteiger partial charge >= 0.3 is 0 Å². The van der Waals surface area contributed by atoms with Crippen molar-refractivity contribution < 1.29 is 14.6 Å². The fourth-order valence-electron chi connectivity index (χ4n) is 5.19. The number of benzene rings is 2. The van der Waals surface area contributed by atoms with Crippen molar-refractivity contribution in [3.8, 4) is 28.8 Å². The molecule has 0 spiro atoms. The number of aryl methyl sites for hydroxylation is 1. The first-order valence-electron chi connectivity index (χ1n) is 12.1. The number of H-pyrrole nitrogens is 1. The molecule has 184 valence electrons. The first-order valence-corrected chi connectivity index (χ1v) is 12.1. The van der Waals surface area contributed by atoms with Crippen LogP contribution in [0.3, 0.4) is 0 Å². The predicted octanol–water partition coefficient (Wildman–Crippen LogP) is 4.49. The van der Waals surface area contributed by atoms with Gasteiger partial charge in [0.15, 0.2) is 11.6 Å². The summed E-state index contributed by atoms with van der Waals surface area (Å²) in [5, 5.41) is 19.2. The first kappa shape index (κ1) is 22.4. The van der Waals surface area contributed by atoms with Crippen LogP contribution in [0.2, 0.25) is 0 Å². The maximum Gasteiger partial charge on any atom is 0.168 e. The Kier molecular flexibility index (Phi) is 5.53. The summed E-state index contributed by atoms with van der Waals surface area (Å²) in [7, 11) is 5.15. The number of methoxy groups -OCH3 is 2. The van der Waals surface area contributed by atoms with Gasteiger partial charge in [-0.25, -0.2) is 4.98 Å². The van der Waals surface area contributed by atoms with Gasteiger partial charge in [0.2, 0.25) is 0 Å². The van der Waals surface area contributed by atoms with E-state index in [0.717, 1.165) is 53.2 Å². The number of nitrogens with zero attached hydrogens (tertiary/aromatic N) is 3. The average molecular weight is 484 g/mol. The number of aromatic amines is 1. The smallest absolute Gasteiger partial charge is 0.168 e. The highest BCUT2D eigenvalue weighted by molar-refractivity contribution is 5.82. The molecule has 2 aromatic carbocycles. The lowest BCUT2D eigenvalue weighted by Crippen LogP contribution is -2.06. The molecule has 36 heavy (non-hydrogen) atoms. The highest BCUT2D eigenvalue weighted by Crippen LogP contribution is 2.36. The fourth-order valence-corrected chi connectivity index (χ4v) is 5.19. The van der Waals surface area contributed by atoms with E-state index in [2.05, 4.69) is 45.8 Å². The molecule has 1 aliphatic heterocycles. The largest absolute Gasteiger partial charge is 0.504 e. The molecule has 2 aromatic heterocycles. The molecule has 1 atom stereocenters. The van der Waals surface area contributed by atoms with Gasteiger partial charge in [-0.05, 0) is 58.9 Å². The van der Waals surface area contributed by atoms with Gasteiger partial charge < -0.3 is 24.9 Å². The number of nitrogens with one attached hydrogen (secondary N) is 2. The summed E-state index contributed by atoms with van der Waals surface area (Å²) < 4.78 is 12.6. The third kappa shape index (κ3) is 3.93. The topological polar surface area (TPSA) is 97.2 Å². The van der Waals surface area contributed by atoms with Crippen molar-refractivity contribution >= 4 is 16.6 Å². The van der Waals surface area contributed by atoms with Gasteiger partial charge in [-0.2, -0.15) is 5.10 Å². The number of hydrogen-bond donors (Lipinski definition) is 3. The van der Waals surface area contributed by atoms with Gasteiger partial charge in [-0.3, -0.25) is 4.68 Å². The summed E-state index contributed by atoms with van der Waals surface area (Å²) in [4.78, 5) is 8.16. The SMILES string of the molecule is COc1cc(OC)cc(C2=CC(Cc3nn(C)c(-c4nc5cc6c(cc5[nH]4)CNC6)c3O)CC=C2)c1. The molecule has 4 aromatic rings. The number of imidazole rings is 1. The van der Waals surface area contributed by atoms with E-state index in [0.29, 0.717) is 23.6 Å². The zero-order valence-corrected chi connectivity index (χ0v) is 20.6. The Bertz CT molecular complexity index is 1460. The van der Waals surface area contributed by atoms with Gasteiger partial charge in [-0.15, -0.1) is 0 Å². The Labute approximate surface area is 209 Å². The normalized spacial score (nSPS) is 16.9. The number of aromatic hydroxyl groups is 1. The standard InChI is InChI=1S/C28H29N5O3/c1-33-26(28-30-23-11-19-14-29-15-20(19)12-24(23)31-28)27(34)25(32-33)8-16-5-4-6-17(7-16)18-9-21(35-2)13-22(10-18)36-3/h4,6-7,9-13,16,29,34H,5,8,14-15H2,1-3H3,(H,30,31). The third-order valence-corrected chi connectivity index (χ3v) is 7.04. The van der Waals surface area contributed by atoms with Gasteiger partial charge in [0.05, 0.1) is 25.3 Å². The third-order valence-electron chi connectivity index (χ3n) is 7.04. The summed E-state index contributed by atoms with van der Waals surface area (Å²) in [6, 6.07) is 10.1. The average Bonchev–Trinajstić information content (AvgIpc) is 3.58. The molecule has 1 aliphatic carbocycles. The van der Waals surface area contributed by atoms with E-state index in [1.165, 1.54) is 11.1 Å². The van der Waals surface area contributed by atoms with Crippen molar-refractivity contribution in [2.75, 3.05) is 14.2 Å². The first-order chi connectivity index (χ1) is 17.5. The van der Waals surface area contributed by atoms with Crippen LogP contribution in [0.1, 0.15) is 28.8 Å². The molecule has 0 amide bonds. The highest BCUT2D eigenvalue weighted by Gasteiger charge is 2.23. The van der Waals surface area contributed by atoms with Gasteiger partial charge in [-0.1, -0.05) is 18.2 Å². The summed E-state index contributed by atoms with van der Waals surface area (Å²) in [5.74, 6) is 2.50. The lowest BCUT2D eigenvalue weighted by molar-refractivity contribution is 0.394. The van der Waals surface area contributed by atoms with Crippen LogP contribution in [-0.2, 0) is 26.6 Å². The molecule has 0 saturated carbocycles. The Balaban J connectivity index is 1.29. The molecule has 8 nitrogen and oxygen atoms in total. The second kappa shape index (κ2) is 8.87. The summed E-state index contributed by atoms with van der Waals surface area (Å²) in [6.45, 7) is 1.73. The molecule has 0 saturated heterocycles. The van der Waals surface area contributed by atoms with E-state index in [-0.39, 0.29) is 11.7 Å². The molecule has 0 bridgehead atoms. The van der Waals surface area contributed by atoms with Gasteiger partial charge in [0.1, 0.15) is 22.9 Å². The van der Waals surface area contributed by atoms with E-state index < -0.39 is 0 Å². The number of fused-ring (bicyclic) bond motifs is 2. The maximum absolute atomic E-state index is 11.2. The number of rotatable bonds is 6. The molecule has 6 rings (SSSR count). The Hall–Kier alpha value is -4.04. The number of hydrogen-bond acceptors (Lipinski definition) is 6. The summed E-state index contributed by atoms with van der Waals surface area (Å²) >= 11 is 0. The van der Waals surface area contributed by atoms with Crippen LogP contribution >= 0.6 is 0 Å². The number of aromatic nitrogens is 4. The van der Waals surface area contributed by atoms with Crippen molar-refractivity contribution in [2.24, 2.45) is 13.0 Å². The second-order valence-electron chi connectivity index (χ2n) is 9.42. The van der Waals surface area contributed by atoms with E-state index in [9.17, 15) is 5.11 Å². The van der Waals surface area contributed by atoms with E-state index >= 15 is 0 Å². The number of allylic oxidation sites excluding steroid dienone is 4. The van der Waals surface area contributed by atoms with Gasteiger partial charge in [0, 0.05) is 32.6 Å². The van der Waals surface area contributed by atoms with Crippen LogP contribution in [0, 0.1) is 5.92 Å². The highest BCUT2D eigenvalue weighted by atomic mass is 16.5. The van der Waals surface area contributed by atoms with Crippen molar-refractivity contribution in [2.45, 2.75) is 25.9 Å². The minimum absolute atomic E-state index is 0.179. The van der Waals surface area contributed by atoms with Crippen LogP contribution in [-0.4, -0.2) is 39.1 Å².